The van der Waals surface area contributed by atoms with Crippen LogP contribution < -0.4 is 26.4 Å². The average Bonchev–Trinajstić information content (AvgIpc) is 0.782. The zero-order valence-corrected chi connectivity index (χ0v) is 42.4. The van der Waals surface area contributed by atoms with Crippen molar-refractivity contribution in [1.29, 1.82) is 0 Å². The monoisotopic (exact) mass is 1240 g/mol. The number of aromatic nitrogens is 1. The third-order valence-corrected chi connectivity index (χ3v) is 13.8. The van der Waals surface area contributed by atoms with Crippen LogP contribution in [0.4, 0.5) is 105 Å². The Kier molecular flexibility index (Phi) is 17.7. The molecule has 1 aliphatic rings. The summed E-state index contributed by atoms with van der Waals surface area (Å²) in [7, 11) is 0. The molecule has 1 aromatic heterocycles. The fourth-order valence-corrected chi connectivity index (χ4v) is 9.87. The number of fused-ring (bicyclic) bond motifs is 1. The lowest BCUT2D eigenvalue weighted by atomic mass is 9.12. The van der Waals surface area contributed by atoms with Crippen molar-refractivity contribution in [1.82, 2.24) is 0 Å². The van der Waals surface area contributed by atoms with Crippen LogP contribution >= 0.6 is 0 Å². The van der Waals surface area contributed by atoms with E-state index in [1.165, 1.54) is 6.42 Å². The van der Waals surface area contributed by atoms with E-state index in [0.29, 0.717) is 11.1 Å². The molecule has 0 bridgehead atoms. The number of ketones is 1. The maximum absolute atomic E-state index is 14.2. The summed E-state index contributed by atoms with van der Waals surface area (Å²) >= 11 is 0. The van der Waals surface area contributed by atoms with Gasteiger partial charge in [0.05, 0.1) is 50.1 Å². The molecule has 0 spiro atoms. The lowest BCUT2D eigenvalue weighted by Gasteiger charge is -2.46. The first-order chi connectivity index (χ1) is 39.0. The minimum absolute atomic E-state index is 0.00792. The molecule has 7 aromatic rings. The molecule has 0 atom stereocenters. The fourth-order valence-electron chi connectivity index (χ4n) is 9.87. The number of hydrogen-bond acceptors (Lipinski definition) is 3. The number of ether oxygens (including phenoxy) is 1. The van der Waals surface area contributed by atoms with Crippen molar-refractivity contribution in [2.75, 3.05) is 0 Å². The number of rotatable bonds is 9. The van der Waals surface area contributed by atoms with Crippen molar-refractivity contribution < 1.29 is 124 Å². The number of carbonyl (C=O) groups is 2. The molecule has 454 valence electrons. The number of pyridine rings is 1. The molecular weight excluding hydrogens is 1200 g/mol. The van der Waals surface area contributed by atoms with Gasteiger partial charge in [0.15, 0.2) is 6.20 Å². The highest BCUT2D eigenvalue weighted by molar-refractivity contribution is 7.20. The van der Waals surface area contributed by atoms with Crippen molar-refractivity contribution in [2.45, 2.75) is 94.2 Å². The highest BCUT2D eigenvalue weighted by atomic mass is 19.4. The second kappa shape index (κ2) is 23.3. The summed E-state index contributed by atoms with van der Waals surface area (Å²) in [6.45, 7) is 0.257. The van der Waals surface area contributed by atoms with Crippen molar-refractivity contribution in [3.8, 4) is 0 Å². The van der Waals surface area contributed by atoms with Gasteiger partial charge in [0.1, 0.15) is 12.2 Å². The molecule has 85 heavy (non-hydrogen) atoms. The molecule has 0 radical (unpaired) electrons. The van der Waals surface area contributed by atoms with Crippen molar-refractivity contribution in [2.24, 2.45) is 0 Å². The van der Waals surface area contributed by atoms with Gasteiger partial charge in [0, 0.05) is 23.1 Å². The van der Waals surface area contributed by atoms with Crippen molar-refractivity contribution in [3.05, 3.63) is 195 Å². The molecule has 0 N–H and O–H groups in total. The summed E-state index contributed by atoms with van der Waals surface area (Å²) in [4.78, 5) is 25.0. The molecule has 6 aromatic carbocycles. The molecule has 1 aliphatic carbocycles. The van der Waals surface area contributed by atoms with Crippen LogP contribution in [-0.4, -0.2) is 24.0 Å². The molecular formula is C56H36BF24NO3. The number of benzene rings is 6. The zero-order chi connectivity index (χ0) is 63.3. The molecule has 0 amide bonds. The lowest BCUT2D eigenvalue weighted by Crippen LogP contribution is -2.75. The molecule has 0 unspecified atom stereocenters. The average molecular weight is 1240 g/mol. The maximum Gasteiger partial charge on any atom is 0.416 e. The highest BCUT2D eigenvalue weighted by Crippen LogP contribution is 2.42. The van der Waals surface area contributed by atoms with E-state index in [-0.39, 0.29) is 24.4 Å². The number of halogens is 24. The van der Waals surface area contributed by atoms with Gasteiger partial charge in [-0.05, 0) is 74.2 Å². The first-order valence-corrected chi connectivity index (χ1v) is 24.5. The summed E-state index contributed by atoms with van der Waals surface area (Å²) in [6, 6.07) is 9.96. The molecule has 4 nitrogen and oxygen atoms in total. The van der Waals surface area contributed by atoms with E-state index in [1.807, 2.05) is 47.2 Å². The van der Waals surface area contributed by atoms with E-state index in [0.717, 1.165) is 36.6 Å². The van der Waals surface area contributed by atoms with Gasteiger partial charge < -0.3 is 4.74 Å². The number of hydrogen-bond donors (Lipinski definition) is 0. The van der Waals surface area contributed by atoms with E-state index in [2.05, 4.69) is 0 Å². The Bertz CT molecular complexity index is 3140. The minimum atomic E-state index is -6.13. The van der Waals surface area contributed by atoms with Gasteiger partial charge >= 0.3 is 55.4 Å². The number of esters is 1. The van der Waals surface area contributed by atoms with Crippen LogP contribution in [0.25, 0.3) is 10.9 Å². The minimum Gasteiger partial charge on any atom is -0.459 e. The summed E-state index contributed by atoms with van der Waals surface area (Å²) in [5.41, 5.74) is -28.1. The van der Waals surface area contributed by atoms with E-state index in [1.54, 1.807) is 24.3 Å². The van der Waals surface area contributed by atoms with Crippen LogP contribution in [0.2, 0.25) is 0 Å². The Labute approximate surface area is 463 Å². The van der Waals surface area contributed by atoms with Crippen LogP contribution in [0.15, 0.2) is 140 Å². The standard InChI is InChI=1S/C32H12BF24.C24H24NO3/c34-25(35,36)13-1-14(26(37,38)39)6-21(5-13)33(22-7-15(27(40,41)42)2-16(8-22)28(43,44)45,23-9-17(29(46,47)48)3-18(10-23)30(49,50)51)24-11-19(31(52,53)54)4-20(12-24)32(55,56)57;26-23(17-25-16-6-8-18-7-4-5-11-22(18)25)19-12-14-20(15-13-19)24(27)28-21-9-2-1-3-10-21/h1-12H;4-8,11-16,21H,1-3,9-10,17H2/q-1;+1. The lowest BCUT2D eigenvalue weighted by molar-refractivity contribution is -0.657. The number of para-hydroxylation sites is 1. The van der Waals surface area contributed by atoms with E-state index >= 15 is 0 Å². The molecule has 0 saturated heterocycles. The van der Waals surface area contributed by atoms with Crippen LogP contribution in [0.1, 0.15) is 97.3 Å². The van der Waals surface area contributed by atoms with Gasteiger partial charge in [-0.25, -0.2) is 4.79 Å². The Morgan fingerprint density at radius 1 is 0.388 bits per heavy atom. The van der Waals surface area contributed by atoms with Gasteiger partial charge in [0.25, 0.3) is 0 Å². The number of carbonyl (C=O) groups excluding carboxylic acids is 2. The van der Waals surface area contributed by atoms with E-state index in [9.17, 15) is 115 Å². The molecule has 8 rings (SSSR count). The van der Waals surface area contributed by atoms with Crippen molar-refractivity contribution in [3.63, 3.8) is 0 Å². The van der Waals surface area contributed by atoms with Crippen LogP contribution in [0.3, 0.4) is 0 Å². The van der Waals surface area contributed by atoms with Crippen LogP contribution in [-0.2, 0) is 60.7 Å². The second-order valence-corrected chi connectivity index (χ2v) is 19.6. The SMILES string of the molecule is FC(F)(F)c1cc([B-](c2cc(C(F)(F)F)cc(C(F)(F)F)c2)(c2cc(C(F)(F)F)cc(C(F)(F)F)c2)c2cc(C(F)(F)F)cc(C(F)(F)F)c2)cc(C(F)(F)F)c1.O=C(C[n+]1cccc2ccccc21)c1ccc(C(=O)OC2CCCCC2)cc1. The topological polar surface area (TPSA) is 47.2 Å². The first-order valence-electron chi connectivity index (χ1n) is 24.5. The molecule has 1 saturated carbocycles. The van der Waals surface area contributed by atoms with Gasteiger partial charge in [-0.3, -0.25) is 4.79 Å². The second-order valence-electron chi connectivity index (χ2n) is 19.6. The molecule has 1 heterocycles. The van der Waals surface area contributed by atoms with Crippen LogP contribution in [0.5, 0.6) is 0 Å². The van der Waals surface area contributed by atoms with Gasteiger partial charge in [-0.15, -0.1) is 0 Å². The molecule has 0 aliphatic heterocycles. The van der Waals surface area contributed by atoms with E-state index in [4.69, 9.17) is 4.74 Å². The number of alkyl halides is 24. The Hall–Kier alpha value is -7.75. The largest absolute Gasteiger partial charge is 0.459 e. The van der Waals surface area contributed by atoms with Gasteiger partial charge in [-0.1, -0.05) is 79.2 Å². The zero-order valence-electron chi connectivity index (χ0n) is 42.4. The highest BCUT2D eigenvalue weighted by Gasteiger charge is 2.47. The number of nitrogens with zero attached hydrogens (tertiary/aromatic N) is 1. The fraction of sp³-hybridized carbons (Fsp3) is 0.268. The van der Waals surface area contributed by atoms with Gasteiger partial charge in [-0.2, -0.15) is 132 Å². The first kappa shape index (κ1) is 64.8. The Balaban J connectivity index is 0.000000306. The Morgan fingerprint density at radius 2 is 0.682 bits per heavy atom. The Morgan fingerprint density at radius 3 is 1.00 bits per heavy atom. The molecule has 29 heteroatoms. The normalized spacial score (nSPS) is 14.4. The third-order valence-electron chi connectivity index (χ3n) is 13.8. The predicted octanol–water partition coefficient (Wildman–Crippen LogP) is 15.7. The summed E-state index contributed by atoms with van der Waals surface area (Å²) in [5, 5.41) is 1.10. The predicted molar refractivity (Wildman–Crippen MR) is 257 cm³/mol. The number of Topliss-reactive ketones (excluding diaryl/α,β-unsaturated/α-hetero) is 1. The molecule has 1 fully saturated rings. The van der Waals surface area contributed by atoms with E-state index < -0.39 is 195 Å². The van der Waals surface area contributed by atoms with Crippen LogP contribution in [0, 0.1) is 0 Å². The summed E-state index contributed by atoms with van der Waals surface area (Å²) < 4.78 is 348. The summed E-state index contributed by atoms with van der Waals surface area (Å²) in [5.74, 6) is -0.289. The third kappa shape index (κ3) is 15.0. The van der Waals surface area contributed by atoms with Crippen molar-refractivity contribution >= 4 is 50.7 Å². The quantitative estimate of drug-likeness (QED) is 0.0476. The maximum atomic E-state index is 14.2. The smallest absolute Gasteiger partial charge is 0.416 e. The summed E-state index contributed by atoms with van der Waals surface area (Å²) in [6.07, 6.45) is -47.5. The van der Waals surface area contributed by atoms with Gasteiger partial charge in [0.2, 0.25) is 17.8 Å².